The van der Waals surface area contributed by atoms with Gasteiger partial charge in [-0.3, -0.25) is 9.59 Å². The van der Waals surface area contributed by atoms with Crippen LogP contribution in [-0.2, 0) is 24.4 Å². The molecule has 11 nitrogen and oxygen atoms in total. The molecule has 35 heavy (non-hydrogen) atoms. The average Bonchev–Trinajstić information content (AvgIpc) is 3.16. The van der Waals surface area contributed by atoms with Crippen LogP contribution in [0.4, 0.5) is 4.79 Å². The van der Waals surface area contributed by atoms with Gasteiger partial charge in [-0.05, 0) is 37.5 Å². The molecule has 3 amide bonds. The van der Waals surface area contributed by atoms with E-state index in [0.717, 1.165) is 19.3 Å². The van der Waals surface area contributed by atoms with Crippen LogP contribution in [0.15, 0.2) is 0 Å². The van der Waals surface area contributed by atoms with E-state index in [1.165, 1.54) is 19.3 Å². The van der Waals surface area contributed by atoms with E-state index < -0.39 is 45.6 Å². The predicted octanol–water partition coefficient (Wildman–Crippen LogP) is -2.02. The van der Waals surface area contributed by atoms with Crippen LogP contribution in [0.2, 0.25) is 0 Å². The normalized spacial score (nSPS) is 21.4. The Labute approximate surface area is 229 Å². The third kappa shape index (κ3) is 11.3. The number of aliphatic hydroxyl groups excluding tert-OH is 1. The molecule has 1 aliphatic carbocycles. The standard InChI is InChI=1S/C22H39N3O8S.Na/c1-14(2)12-17(25-22(29)33-11-9-15-6-4-3-5-7-15)20(27)24-18(21(28)34(30,31)32)13-16-8-10-23-19(16)26;/h14-18,21,28H,3-13H2,1-2H3,(H,23,26)(H,24,27)(H,25,29)(H,30,31,32);/q;+1/p-1/t16?,17-,18-,21?;/m0./s1. The minimum absolute atomic E-state index is 0. The molecule has 0 spiro atoms. The van der Waals surface area contributed by atoms with Crippen LogP contribution in [-0.4, -0.2) is 66.7 Å². The van der Waals surface area contributed by atoms with Gasteiger partial charge in [0.15, 0.2) is 5.44 Å². The van der Waals surface area contributed by atoms with Gasteiger partial charge in [0.25, 0.3) is 0 Å². The molecule has 2 aliphatic rings. The Morgan fingerprint density at radius 1 is 1.17 bits per heavy atom. The van der Waals surface area contributed by atoms with E-state index in [0.29, 0.717) is 18.9 Å². The number of carbonyl (C=O) groups is 3. The number of rotatable bonds is 12. The van der Waals surface area contributed by atoms with E-state index in [4.69, 9.17) is 4.74 Å². The number of amides is 3. The molecule has 2 fully saturated rings. The first kappa shape index (κ1) is 32.1. The summed E-state index contributed by atoms with van der Waals surface area (Å²) in [5.41, 5.74) is -2.42. The summed E-state index contributed by atoms with van der Waals surface area (Å²) < 4.78 is 39.6. The van der Waals surface area contributed by atoms with Gasteiger partial charge < -0.3 is 30.3 Å². The van der Waals surface area contributed by atoms with E-state index in [9.17, 15) is 32.5 Å². The van der Waals surface area contributed by atoms with Crippen LogP contribution in [0.25, 0.3) is 0 Å². The summed E-state index contributed by atoms with van der Waals surface area (Å²) in [7, 11) is -5.15. The van der Waals surface area contributed by atoms with Gasteiger partial charge in [0.05, 0.1) is 12.6 Å². The Morgan fingerprint density at radius 3 is 2.37 bits per heavy atom. The van der Waals surface area contributed by atoms with Crippen LogP contribution in [0.5, 0.6) is 0 Å². The zero-order valence-electron chi connectivity index (χ0n) is 21.0. The van der Waals surface area contributed by atoms with Crippen molar-refractivity contribution in [2.45, 2.75) is 89.2 Å². The molecule has 0 radical (unpaired) electrons. The first-order chi connectivity index (χ1) is 16.0. The van der Waals surface area contributed by atoms with Gasteiger partial charge in [-0.1, -0.05) is 46.0 Å². The summed E-state index contributed by atoms with van der Waals surface area (Å²) in [5, 5.41) is 17.5. The summed E-state index contributed by atoms with van der Waals surface area (Å²) in [4.78, 5) is 37.2. The molecule has 4 N–H and O–H groups in total. The van der Waals surface area contributed by atoms with Crippen molar-refractivity contribution in [3.8, 4) is 0 Å². The van der Waals surface area contributed by atoms with Crippen LogP contribution in [0.3, 0.4) is 0 Å². The maximum atomic E-state index is 12.9. The van der Waals surface area contributed by atoms with E-state index in [-0.39, 0.29) is 60.8 Å². The second-order valence-corrected chi connectivity index (χ2v) is 11.2. The molecule has 1 saturated heterocycles. The van der Waals surface area contributed by atoms with Crippen molar-refractivity contribution in [3.05, 3.63) is 0 Å². The molecule has 1 aliphatic heterocycles. The van der Waals surface area contributed by atoms with Crippen LogP contribution >= 0.6 is 0 Å². The Morgan fingerprint density at radius 2 is 1.83 bits per heavy atom. The zero-order valence-corrected chi connectivity index (χ0v) is 23.8. The zero-order chi connectivity index (χ0) is 25.3. The van der Waals surface area contributed by atoms with E-state index in [2.05, 4.69) is 16.0 Å². The van der Waals surface area contributed by atoms with Gasteiger partial charge in [-0.15, -0.1) is 0 Å². The maximum Gasteiger partial charge on any atom is 1.00 e. The van der Waals surface area contributed by atoms with Gasteiger partial charge in [-0.25, -0.2) is 13.2 Å². The maximum absolute atomic E-state index is 12.9. The van der Waals surface area contributed by atoms with Crippen LogP contribution in [0.1, 0.15) is 71.6 Å². The molecule has 13 heteroatoms. The minimum Gasteiger partial charge on any atom is -0.746 e. The van der Waals surface area contributed by atoms with Gasteiger partial charge in [-0.2, -0.15) is 0 Å². The van der Waals surface area contributed by atoms with Crippen molar-refractivity contribution >= 4 is 28.0 Å². The second kappa shape index (κ2) is 15.4. The molecule has 0 aromatic rings. The topological polar surface area (TPSA) is 174 Å². The molecule has 0 bridgehead atoms. The van der Waals surface area contributed by atoms with Crippen LogP contribution in [0, 0.1) is 17.8 Å². The fraction of sp³-hybridized carbons (Fsp3) is 0.864. The Bertz CT molecular complexity index is 805. The van der Waals surface area contributed by atoms with Crippen molar-refractivity contribution in [2.24, 2.45) is 17.8 Å². The number of carbonyl (C=O) groups excluding carboxylic acids is 3. The Kier molecular flexibility index (Phi) is 14.1. The number of hydrogen-bond donors (Lipinski definition) is 4. The molecule has 1 heterocycles. The molecule has 196 valence electrons. The van der Waals surface area contributed by atoms with E-state index in [1.807, 2.05) is 13.8 Å². The Balaban J connectivity index is 0.00000612. The first-order valence-electron chi connectivity index (χ1n) is 12.1. The SMILES string of the molecule is CC(C)C[C@H](NC(=O)OCCC1CCCCC1)C(=O)N[C@@H](CC1CCNC1=O)C(O)S(=O)(=O)[O-].[Na+]. The van der Waals surface area contributed by atoms with Gasteiger partial charge in [0.2, 0.25) is 11.8 Å². The van der Waals surface area contributed by atoms with Gasteiger partial charge in [0.1, 0.15) is 16.2 Å². The summed E-state index contributed by atoms with van der Waals surface area (Å²) in [6, 6.07) is -2.56. The Hall–Kier alpha value is -0.920. The third-order valence-electron chi connectivity index (χ3n) is 6.47. The molecule has 1 saturated carbocycles. The largest absolute Gasteiger partial charge is 1.00 e. The summed E-state index contributed by atoms with van der Waals surface area (Å²) in [6.45, 7) is 4.30. The van der Waals surface area contributed by atoms with Crippen molar-refractivity contribution in [1.82, 2.24) is 16.0 Å². The van der Waals surface area contributed by atoms with Crippen molar-refractivity contribution in [3.63, 3.8) is 0 Å². The molecule has 2 unspecified atom stereocenters. The van der Waals surface area contributed by atoms with E-state index in [1.54, 1.807) is 0 Å². The van der Waals surface area contributed by atoms with Crippen molar-refractivity contribution < 1.29 is 66.8 Å². The summed E-state index contributed by atoms with van der Waals surface area (Å²) in [6.07, 6.45) is 6.22. The number of hydrogen-bond acceptors (Lipinski definition) is 8. The minimum atomic E-state index is -5.15. The number of aliphatic hydroxyl groups is 1. The summed E-state index contributed by atoms with van der Waals surface area (Å²) in [5.74, 6) is -1.23. The van der Waals surface area contributed by atoms with Crippen LogP contribution < -0.4 is 45.5 Å². The quantitative estimate of drug-likeness (QED) is 0.166. The molecular formula is C22H38N3NaO8S. The average molecular weight is 528 g/mol. The number of nitrogens with one attached hydrogen (secondary N) is 3. The smallest absolute Gasteiger partial charge is 0.746 e. The van der Waals surface area contributed by atoms with Gasteiger partial charge >= 0.3 is 35.7 Å². The molecular weight excluding hydrogens is 489 g/mol. The first-order valence-corrected chi connectivity index (χ1v) is 13.6. The van der Waals surface area contributed by atoms with Crippen molar-refractivity contribution in [2.75, 3.05) is 13.2 Å². The fourth-order valence-corrected chi connectivity index (χ4v) is 5.17. The van der Waals surface area contributed by atoms with Crippen molar-refractivity contribution in [1.29, 1.82) is 0 Å². The molecule has 4 atom stereocenters. The van der Waals surface area contributed by atoms with Gasteiger partial charge in [0, 0.05) is 12.5 Å². The number of ether oxygens (including phenoxy) is 1. The fourth-order valence-electron chi connectivity index (χ4n) is 4.59. The summed E-state index contributed by atoms with van der Waals surface area (Å²) >= 11 is 0. The monoisotopic (exact) mass is 527 g/mol. The molecule has 0 aromatic carbocycles. The third-order valence-corrected chi connectivity index (χ3v) is 7.39. The second-order valence-electron chi connectivity index (χ2n) is 9.77. The van der Waals surface area contributed by atoms with E-state index >= 15 is 0 Å². The number of alkyl carbamates (subject to hydrolysis) is 1. The molecule has 0 aromatic heterocycles. The molecule has 2 rings (SSSR count). The predicted molar refractivity (Wildman–Crippen MR) is 122 cm³/mol.